The number of hydrogen-bond donors (Lipinski definition) is 2. The van der Waals surface area contributed by atoms with Crippen molar-refractivity contribution < 1.29 is 27.5 Å². The molecule has 2 aromatic carbocycles. The van der Waals surface area contributed by atoms with Gasteiger partial charge in [-0.25, -0.2) is 0 Å². The van der Waals surface area contributed by atoms with Crippen molar-refractivity contribution in [2.75, 3.05) is 36.9 Å². The van der Waals surface area contributed by atoms with E-state index in [1.165, 1.54) is 23.1 Å². The van der Waals surface area contributed by atoms with Crippen LogP contribution in [-0.2, 0) is 15.8 Å². The van der Waals surface area contributed by atoms with Crippen LogP contribution in [0.25, 0.3) is 0 Å². The maximum absolute atomic E-state index is 13.1. The fourth-order valence-electron chi connectivity index (χ4n) is 2.81. The second kappa shape index (κ2) is 11.4. The molecule has 2 aromatic rings. The van der Waals surface area contributed by atoms with E-state index in [-0.39, 0.29) is 24.7 Å². The van der Waals surface area contributed by atoms with E-state index >= 15 is 0 Å². The highest BCUT2D eigenvalue weighted by molar-refractivity contribution is 5.95. The zero-order chi connectivity index (χ0) is 22.9. The number of carbonyl (C=O) groups is 2. The number of ether oxygens (including phenoxy) is 1. The van der Waals surface area contributed by atoms with Gasteiger partial charge in [-0.05, 0) is 37.2 Å². The number of likely N-dealkylation sites (N-methyl/N-ethyl adjacent to an activating group) is 1. The summed E-state index contributed by atoms with van der Waals surface area (Å²) in [5.41, 5.74) is -0.726. The quantitative estimate of drug-likeness (QED) is 0.578. The Morgan fingerprint density at radius 1 is 0.903 bits per heavy atom. The third-order valence-electron chi connectivity index (χ3n) is 4.31. The maximum atomic E-state index is 13.1. The van der Waals surface area contributed by atoms with Crippen molar-refractivity contribution in [3.63, 3.8) is 0 Å². The van der Waals surface area contributed by atoms with E-state index in [1.807, 2.05) is 6.92 Å². The van der Waals surface area contributed by atoms with Gasteiger partial charge in [-0.3, -0.25) is 14.5 Å². The Balaban J connectivity index is 1.97. The molecule has 168 valence electrons. The van der Waals surface area contributed by atoms with Crippen molar-refractivity contribution in [1.29, 1.82) is 0 Å². The molecule has 2 amide bonds. The third-order valence-corrected chi connectivity index (χ3v) is 4.31. The van der Waals surface area contributed by atoms with Crippen LogP contribution in [0.4, 0.5) is 24.5 Å². The van der Waals surface area contributed by atoms with Gasteiger partial charge >= 0.3 is 6.18 Å². The molecule has 0 spiro atoms. The Kier molecular flexibility index (Phi) is 8.87. The summed E-state index contributed by atoms with van der Waals surface area (Å²) in [4.78, 5) is 26.3. The number of hydrogen-bond acceptors (Lipinski definition) is 4. The van der Waals surface area contributed by atoms with Crippen molar-refractivity contribution in [2.24, 2.45) is 0 Å². The molecular formula is C22H26F3N3O3. The SMILES string of the molecule is CCCOc1ccccc1NC(=O)CN(CC)CC(=O)Nc1ccccc1C(F)(F)F. The summed E-state index contributed by atoms with van der Waals surface area (Å²) in [6.07, 6.45) is -3.76. The van der Waals surface area contributed by atoms with E-state index in [9.17, 15) is 22.8 Å². The van der Waals surface area contributed by atoms with Crippen LogP contribution in [0.3, 0.4) is 0 Å². The van der Waals surface area contributed by atoms with E-state index < -0.39 is 17.6 Å². The number of nitrogens with zero attached hydrogens (tertiary/aromatic N) is 1. The van der Waals surface area contributed by atoms with E-state index in [0.29, 0.717) is 24.6 Å². The van der Waals surface area contributed by atoms with Crippen LogP contribution in [0.2, 0.25) is 0 Å². The lowest BCUT2D eigenvalue weighted by Crippen LogP contribution is -2.38. The highest BCUT2D eigenvalue weighted by Crippen LogP contribution is 2.34. The normalized spacial score (nSPS) is 11.3. The van der Waals surface area contributed by atoms with E-state index in [4.69, 9.17) is 4.74 Å². The van der Waals surface area contributed by atoms with Gasteiger partial charge in [-0.2, -0.15) is 13.2 Å². The van der Waals surface area contributed by atoms with Crippen molar-refractivity contribution in [2.45, 2.75) is 26.4 Å². The average Bonchev–Trinajstić information content (AvgIpc) is 2.72. The summed E-state index contributed by atoms with van der Waals surface area (Å²) in [5, 5.41) is 5.03. The lowest BCUT2D eigenvalue weighted by Gasteiger charge is -2.20. The number of rotatable bonds is 10. The molecule has 2 N–H and O–H groups in total. The smallest absolute Gasteiger partial charge is 0.418 e. The molecule has 0 bridgehead atoms. The van der Waals surface area contributed by atoms with Gasteiger partial charge in [0.15, 0.2) is 0 Å². The molecule has 0 saturated carbocycles. The lowest BCUT2D eigenvalue weighted by atomic mass is 10.1. The maximum Gasteiger partial charge on any atom is 0.418 e. The van der Waals surface area contributed by atoms with Crippen molar-refractivity contribution in [1.82, 2.24) is 4.90 Å². The van der Waals surface area contributed by atoms with Crippen LogP contribution in [0.1, 0.15) is 25.8 Å². The fourth-order valence-corrected chi connectivity index (χ4v) is 2.81. The number of benzene rings is 2. The predicted octanol–water partition coefficient (Wildman–Crippen LogP) is 4.39. The molecule has 0 aliphatic rings. The number of para-hydroxylation sites is 3. The van der Waals surface area contributed by atoms with Gasteiger partial charge in [0.05, 0.1) is 36.6 Å². The third kappa shape index (κ3) is 7.60. The minimum atomic E-state index is -4.58. The Labute approximate surface area is 179 Å². The average molecular weight is 437 g/mol. The van der Waals surface area contributed by atoms with Crippen molar-refractivity contribution in [3.05, 3.63) is 54.1 Å². The summed E-state index contributed by atoms with van der Waals surface area (Å²) in [6.45, 7) is 4.25. The molecule has 0 fully saturated rings. The van der Waals surface area contributed by atoms with Crippen LogP contribution in [-0.4, -0.2) is 43.0 Å². The monoisotopic (exact) mass is 437 g/mol. The highest BCUT2D eigenvalue weighted by atomic mass is 19.4. The number of amides is 2. The van der Waals surface area contributed by atoms with Gasteiger partial charge in [0.2, 0.25) is 11.8 Å². The molecule has 0 atom stereocenters. The first-order valence-electron chi connectivity index (χ1n) is 9.94. The summed E-state index contributed by atoms with van der Waals surface area (Å²) >= 11 is 0. The number of nitrogens with one attached hydrogen (secondary N) is 2. The molecule has 0 aliphatic carbocycles. The molecule has 6 nitrogen and oxygen atoms in total. The molecule has 9 heteroatoms. The molecule has 0 saturated heterocycles. The molecule has 0 aromatic heterocycles. The van der Waals surface area contributed by atoms with Crippen LogP contribution in [0.15, 0.2) is 48.5 Å². The summed E-state index contributed by atoms with van der Waals surface area (Å²) in [7, 11) is 0. The number of halogens is 3. The van der Waals surface area contributed by atoms with E-state index in [0.717, 1.165) is 12.5 Å². The molecule has 31 heavy (non-hydrogen) atoms. The van der Waals surface area contributed by atoms with E-state index in [2.05, 4.69) is 10.6 Å². The summed E-state index contributed by atoms with van der Waals surface area (Å²) < 4.78 is 44.9. The molecule has 0 radical (unpaired) electrons. The van der Waals surface area contributed by atoms with E-state index in [1.54, 1.807) is 31.2 Å². The Morgan fingerprint density at radius 2 is 1.45 bits per heavy atom. The molecule has 0 unspecified atom stereocenters. The molecule has 0 aliphatic heterocycles. The fraction of sp³-hybridized carbons (Fsp3) is 0.364. The summed E-state index contributed by atoms with van der Waals surface area (Å²) in [5.74, 6) is -0.460. The van der Waals surface area contributed by atoms with Gasteiger partial charge in [0, 0.05) is 0 Å². The first-order valence-corrected chi connectivity index (χ1v) is 9.94. The zero-order valence-electron chi connectivity index (χ0n) is 17.5. The first-order chi connectivity index (χ1) is 14.7. The van der Waals surface area contributed by atoms with Crippen molar-refractivity contribution >= 4 is 23.2 Å². The minimum absolute atomic E-state index is 0.104. The van der Waals surface area contributed by atoms with Gasteiger partial charge < -0.3 is 15.4 Å². The Morgan fingerprint density at radius 3 is 2.03 bits per heavy atom. The number of anilines is 2. The lowest BCUT2D eigenvalue weighted by molar-refractivity contribution is -0.137. The number of carbonyl (C=O) groups excluding carboxylic acids is 2. The zero-order valence-corrected chi connectivity index (χ0v) is 17.5. The van der Waals surface area contributed by atoms with Gasteiger partial charge in [0.1, 0.15) is 5.75 Å². The van der Waals surface area contributed by atoms with Crippen LogP contribution >= 0.6 is 0 Å². The van der Waals surface area contributed by atoms with Crippen molar-refractivity contribution in [3.8, 4) is 5.75 Å². The second-order valence-electron chi connectivity index (χ2n) is 6.79. The summed E-state index contributed by atoms with van der Waals surface area (Å²) in [6, 6.07) is 11.8. The van der Waals surface area contributed by atoms with Crippen LogP contribution < -0.4 is 15.4 Å². The molecule has 0 heterocycles. The predicted molar refractivity (Wildman–Crippen MR) is 113 cm³/mol. The second-order valence-corrected chi connectivity index (χ2v) is 6.79. The van der Waals surface area contributed by atoms with Crippen LogP contribution in [0, 0.1) is 0 Å². The minimum Gasteiger partial charge on any atom is -0.491 e. The van der Waals surface area contributed by atoms with Crippen LogP contribution in [0.5, 0.6) is 5.75 Å². The largest absolute Gasteiger partial charge is 0.491 e. The highest BCUT2D eigenvalue weighted by Gasteiger charge is 2.33. The molecular weight excluding hydrogens is 411 g/mol. The first kappa shape index (κ1) is 24.2. The van der Waals surface area contributed by atoms with Gasteiger partial charge in [0.25, 0.3) is 0 Å². The molecule has 2 rings (SSSR count). The standard InChI is InChI=1S/C22H26F3N3O3/c1-3-13-31-19-12-8-7-11-18(19)27-21(30)15-28(4-2)14-20(29)26-17-10-6-5-9-16(17)22(23,24)25/h5-12H,3-4,13-15H2,1-2H3,(H,26,29)(H,27,30). The van der Waals surface area contributed by atoms with Gasteiger partial charge in [-0.1, -0.05) is 38.1 Å². The Hall–Kier alpha value is -3.07. The Bertz CT molecular complexity index is 888. The number of alkyl halides is 3. The van der Waals surface area contributed by atoms with Gasteiger partial charge in [-0.15, -0.1) is 0 Å². The topological polar surface area (TPSA) is 70.7 Å².